The van der Waals surface area contributed by atoms with Gasteiger partial charge in [-0.2, -0.15) is 0 Å². The highest BCUT2D eigenvalue weighted by Gasteiger charge is 2.36. The van der Waals surface area contributed by atoms with E-state index in [1.54, 1.807) is 0 Å². The van der Waals surface area contributed by atoms with Gasteiger partial charge in [0.2, 0.25) is 0 Å². The van der Waals surface area contributed by atoms with Crippen molar-refractivity contribution in [2.75, 3.05) is 11.9 Å². The van der Waals surface area contributed by atoms with Crippen molar-refractivity contribution < 1.29 is 9.53 Å². The van der Waals surface area contributed by atoms with Crippen molar-refractivity contribution in [2.24, 2.45) is 5.92 Å². The molecule has 132 valence electrons. The summed E-state index contributed by atoms with van der Waals surface area (Å²) in [5.74, 6) is 1.27. The second kappa shape index (κ2) is 6.88. The molecule has 2 aromatic rings. The molecular formula is C19H24N4O2. The van der Waals surface area contributed by atoms with E-state index in [1.807, 2.05) is 48.0 Å². The molecule has 2 N–H and O–H groups in total. The molecule has 0 unspecified atom stereocenters. The predicted octanol–water partition coefficient (Wildman–Crippen LogP) is 3.26. The highest BCUT2D eigenvalue weighted by Crippen LogP contribution is 2.38. The molecule has 0 radical (unpaired) electrons. The van der Waals surface area contributed by atoms with Crippen LogP contribution in [0.4, 0.5) is 10.6 Å². The van der Waals surface area contributed by atoms with Gasteiger partial charge in [-0.1, -0.05) is 18.2 Å². The Morgan fingerprint density at radius 3 is 2.80 bits per heavy atom. The van der Waals surface area contributed by atoms with Gasteiger partial charge in [-0.3, -0.25) is 5.32 Å². The number of carbonyl (C=O) groups excluding carboxylic acids is 1. The van der Waals surface area contributed by atoms with Crippen LogP contribution in [0.15, 0.2) is 36.4 Å². The third-order valence-corrected chi connectivity index (χ3v) is 4.93. The molecule has 6 heteroatoms. The van der Waals surface area contributed by atoms with Crippen molar-refractivity contribution >= 4 is 11.8 Å². The number of ether oxygens (including phenoxy) is 1. The molecule has 2 fully saturated rings. The fourth-order valence-corrected chi connectivity index (χ4v) is 3.46. The van der Waals surface area contributed by atoms with E-state index in [4.69, 9.17) is 4.74 Å². The van der Waals surface area contributed by atoms with Crippen LogP contribution in [0.5, 0.6) is 0 Å². The number of benzene rings is 1. The van der Waals surface area contributed by atoms with Crippen LogP contribution >= 0.6 is 0 Å². The Balaban J connectivity index is 1.36. The summed E-state index contributed by atoms with van der Waals surface area (Å²) in [4.78, 5) is 12.3. The number of amides is 2. The van der Waals surface area contributed by atoms with E-state index in [0.29, 0.717) is 17.8 Å². The van der Waals surface area contributed by atoms with Gasteiger partial charge in [0, 0.05) is 24.4 Å². The Kier molecular flexibility index (Phi) is 4.44. The lowest BCUT2D eigenvalue weighted by Crippen LogP contribution is -2.44. The Morgan fingerprint density at radius 2 is 2.04 bits per heavy atom. The molecule has 2 heterocycles. The van der Waals surface area contributed by atoms with Crippen LogP contribution in [0, 0.1) is 12.8 Å². The van der Waals surface area contributed by atoms with Gasteiger partial charge in [0.05, 0.1) is 11.8 Å². The number of hydrogen-bond acceptors (Lipinski definition) is 3. The minimum Gasteiger partial charge on any atom is -0.378 e. The van der Waals surface area contributed by atoms with Crippen LogP contribution in [0.1, 0.15) is 31.4 Å². The molecule has 2 amide bonds. The summed E-state index contributed by atoms with van der Waals surface area (Å²) in [6, 6.07) is 11.8. The zero-order chi connectivity index (χ0) is 17.2. The van der Waals surface area contributed by atoms with Crippen LogP contribution in [0.3, 0.4) is 0 Å². The SMILES string of the molecule is Cc1cc(NC(=O)N[C@@H]2CCO[C@@H](C3CC3)C2)nn1-c1ccccc1. The van der Waals surface area contributed by atoms with Crippen LogP contribution in [0.2, 0.25) is 0 Å². The first kappa shape index (κ1) is 16.1. The lowest BCUT2D eigenvalue weighted by molar-refractivity contribution is -0.00889. The van der Waals surface area contributed by atoms with Gasteiger partial charge in [-0.05, 0) is 50.7 Å². The summed E-state index contributed by atoms with van der Waals surface area (Å²) in [7, 11) is 0. The maximum Gasteiger partial charge on any atom is 0.320 e. The van der Waals surface area contributed by atoms with Gasteiger partial charge in [0.15, 0.2) is 5.82 Å². The van der Waals surface area contributed by atoms with E-state index < -0.39 is 0 Å². The summed E-state index contributed by atoms with van der Waals surface area (Å²) >= 11 is 0. The van der Waals surface area contributed by atoms with E-state index in [9.17, 15) is 4.79 Å². The number of aromatic nitrogens is 2. The van der Waals surface area contributed by atoms with Crippen LogP contribution < -0.4 is 10.6 Å². The lowest BCUT2D eigenvalue weighted by Gasteiger charge is -2.30. The highest BCUT2D eigenvalue weighted by molar-refractivity contribution is 5.88. The summed E-state index contributed by atoms with van der Waals surface area (Å²) in [6.07, 6.45) is 4.63. The molecule has 0 bridgehead atoms. The fraction of sp³-hybridized carbons (Fsp3) is 0.474. The zero-order valence-corrected chi connectivity index (χ0v) is 14.4. The molecular weight excluding hydrogens is 316 g/mol. The molecule has 1 aliphatic carbocycles. The van der Waals surface area contributed by atoms with E-state index in [-0.39, 0.29) is 12.1 Å². The first-order valence-corrected chi connectivity index (χ1v) is 9.00. The predicted molar refractivity (Wildman–Crippen MR) is 95.9 cm³/mol. The van der Waals surface area contributed by atoms with Crippen LogP contribution in [-0.4, -0.2) is 34.6 Å². The first-order valence-electron chi connectivity index (χ1n) is 9.00. The maximum absolute atomic E-state index is 12.3. The molecule has 2 atom stereocenters. The van der Waals surface area contributed by atoms with Gasteiger partial charge in [0.1, 0.15) is 0 Å². The summed E-state index contributed by atoms with van der Waals surface area (Å²) in [5, 5.41) is 10.4. The van der Waals surface area contributed by atoms with Gasteiger partial charge in [0.25, 0.3) is 0 Å². The molecule has 4 rings (SSSR count). The molecule has 1 aliphatic heterocycles. The number of nitrogens with zero attached hydrogens (tertiary/aromatic N) is 2. The highest BCUT2D eigenvalue weighted by atomic mass is 16.5. The Hall–Kier alpha value is -2.34. The van der Waals surface area contributed by atoms with Crippen molar-refractivity contribution in [1.29, 1.82) is 0 Å². The van der Waals surface area contributed by atoms with E-state index >= 15 is 0 Å². The van der Waals surface area contributed by atoms with Crippen molar-refractivity contribution in [1.82, 2.24) is 15.1 Å². The number of para-hydroxylation sites is 1. The Morgan fingerprint density at radius 1 is 1.24 bits per heavy atom. The number of nitrogens with one attached hydrogen (secondary N) is 2. The minimum absolute atomic E-state index is 0.177. The summed E-state index contributed by atoms with van der Waals surface area (Å²) in [6.45, 7) is 2.70. The van der Waals surface area contributed by atoms with Gasteiger partial charge >= 0.3 is 6.03 Å². The number of aryl methyl sites for hydroxylation is 1. The Labute approximate surface area is 147 Å². The number of hydrogen-bond donors (Lipinski definition) is 2. The van der Waals surface area contributed by atoms with Crippen molar-refractivity contribution in [3.63, 3.8) is 0 Å². The van der Waals surface area contributed by atoms with Crippen LogP contribution in [0.25, 0.3) is 5.69 Å². The van der Waals surface area contributed by atoms with Crippen molar-refractivity contribution in [3.05, 3.63) is 42.1 Å². The average molecular weight is 340 g/mol. The first-order chi connectivity index (χ1) is 12.2. The largest absolute Gasteiger partial charge is 0.378 e. The third-order valence-electron chi connectivity index (χ3n) is 4.93. The molecule has 0 spiro atoms. The van der Waals surface area contributed by atoms with Gasteiger partial charge in [-0.25, -0.2) is 9.48 Å². The average Bonchev–Trinajstić information content (AvgIpc) is 3.40. The van der Waals surface area contributed by atoms with Crippen molar-refractivity contribution in [2.45, 2.75) is 44.8 Å². The second-order valence-electron chi connectivity index (χ2n) is 6.98. The number of rotatable bonds is 4. The molecule has 25 heavy (non-hydrogen) atoms. The van der Waals surface area contributed by atoms with Crippen molar-refractivity contribution in [3.8, 4) is 5.69 Å². The summed E-state index contributed by atoms with van der Waals surface area (Å²) < 4.78 is 7.64. The van der Waals surface area contributed by atoms with E-state index in [1.165, 1.54) is 12.8 Å². The molecule has 6 nitrogen and oxygen atoms in total. The summed E-state index contributed by atoms with van der Waals surface area (Å²) in [5.41, 5.74) is 1.95. The number of urea groups is 1. The fourth-order valence-electron chi connectivity index (χ4n) is 3.46. The molecule has 1 aromatic heterocycles. The smallest absolute Gasteiger partial charge is 0.320 e. The monoisotopic (exact) mass is 340 g/mol. The quantitative estimate of drug-likeness (QED) is 0.898. The van der Waals surface area contributed by atoms with Gasteiger partial charge < -0.3 is 10.1 Å². The molecule has 1 saturated heterocycles. The van der Waals surface area contributed by atoms with Crippen LogP contribution in [-0.2, 0) is 4.74 Å². The standard InChI is InChI=1S/C19H24N4O2/c1-13-11-18(22-23(13)16-5-3-2-4-6-16)21-19(24)20-15-9-10-25-17(12-15)14-7-8-14/h2-6,11,14-15,17H,7-10,12H2,1H3,(H2,20,21,22,24)/t15-,17-/m1/s1. The number of anilines is 1. The number of carbonyl (C=O) groups is 1. The molecule has 1 aromatic carbocycles. The normalized spacial score (nSPS) is 23.2. The zero-order valence-electron chi connectivity index (χ0n) is 14.4. The maximum atomic E-state index is 12.3. The second-order valence-corrected chi connectivity index (χ2v) is 6.98. The van der Waals surface area contributed by atoms with Gasteiger partial charge in [-0.15, -0.1) is 5.10 Å². The Bertz CT molecular complexity index is 739. The minimum atomic E-state index is -0.195. The third kappa shape index (κ3) is 3.85. The lowest BCUT2D eigenvalue weighted by atomic mass is 10.0. The van der Waals surface area contributed by atoms with E-state index in [2.05, 4.69) is 15.7 Å². The topological polar surface area (TPSA) is 68.2 Å². The van der Waals surface area contributed by atoms with E-state index in [0.717, 1.165) is 30.8 Å². The molecule has 1 saturated carbocycles. The molecule has 2 aliphatic rings.